The van der Waals surface area contributed by atoms with Crippen LogP contribution in [0.3, 0.4) is 0 Å². The van der Waals surface area contributed by atoms with E-state index in [1.807, 2.05) is 24.3 Å². The molecule has 3 aromatic rings. The monoisotopic (exact) mass is 663 g/mol. The molecule has 3 amide bonds. The standard InChI is InChI=1S/C32H45N11O5/c33-22(17-20-18-40-23-11-5-4-10-21(20)23)27(44)41-24(12-6-14-38-31(34)35)28(45)43-26(16-19-8-2-1-3-9-19)29(46)42-25(30(47)48)13-7-15-39-32(36)37/h1-5,8-11,18,22,24-26,40H,6-7,12-17,33H2,(H,41,44)(H,42,46)(H,43,45)(H,47,48)(H4,34,35,38)(H4,36,37,39). The molecule has 258 valence electrons. The largest absolute Gasteiger partial charge is 0.480 e. The van der Waals surface area contributed by atoms with E-state index in [0.29, 0.717) is 12.0 Å². The number of aromatic amines is 1. The van der Waals surface area contributed by atoms with Gasteiger partial charge in [-0.25, -0.2) is 4.79 Å². The third-order valence-corrected chi connectivity index (χ3v) is 7.51. The van der Waals surface area contributed by atoms with Gasteiger partial charge in [-0.05, 0) is 49.3 Å². The van der Waals surface area contributed by atoms with E-state index in [9.17, 15) is 24.3 Å². The first kappa shape index (κ1) is 36.8. The Bertz CT molecular complexity index is 1580. The summed E-state index contributed by atoms with van der Waals surface area (Å²) in [4.78, 5) is 63.4. The van der Waals surface area contributed by atoms with Gasteiger partial charge < -0.3 is 54.7 Å². The lowest BCUT2D eigenvalue weighted by molar-refractivity contribution is -0.142. The summed E-state index contributed by atoms with van der Waals surface area (Å²) >= 11 is 0. The van der Waals surface area contributed by atoms with Gasteiger partial charge in [0, 0.05) is 36.6 Å². The molecule has 16 heteroatoms. The smallest absolute Gasteiger partial charge is 0.326 e. The van der Waals surface area contributed by atoms with Crippen molar-refractivity contribution in [3.63, 3.8) is 0 Å². The summed E-state index contributed by atoms with van der Waals surface area (Å²) in [5.41, 5.74) is 30.3. The summed E-state index contributed by atoms with van der Waals surface area (Å²) in [6, 6.07) is 12.0. The molecule has 0 fully saturated rings. The second-order valence-electron chi connectivity index (χ2n) is 11.3. The second-order valence-corrected chi connectivity index (χ2v) is 11.3. The number of H-pyrrole nitrogens is 1. The maximum atomic E-state index is 13.7. The highest BCUT2D eigenvalue weighted by Crippen LogP contribution is 2.19. The zero-order valence-electron chi connectivity index (χ0n) is 26.6. The van der Waals surface area contributed by atoms with Crippen molar-refractivity contribution in [1.82, 2.24) is 20.9 Å². The number of guanidine groups is 2. The molecule has 0 aliphatic carbocycles. The van der Waals surface area contributed by atoms with E-state index in [4.69, 9.17) is 28.7 Å². The highest BCUT2D eigenvalue weighted by molar-refractivity contribution is 5.94. The number of hydrogen-bond acceptors (Lipinski definition) is 7. The average molecular weight is 664 g/mol. The van der Waals surface area contributed by atoms with E-state index in [1.165, 1.54) is 0 Å². The fourth-order valence-electron chi connectivity index (χ4n) is 5.05. The van der Waals surface area contributed by atoms with E-state index in [1.54, 1.807) is 36.5 Å². The number of nitrogens with one attached hydrogen (secondary N) is 4. The Morgan fingerprint density at radius 3 is 1.88 bits per heavy atom. The van der Waals surface area contributed by atoms with Crippen LogP contribution in [-0.2, 0) is 32.0 Å². The number of para-hydroxylation sites is 1. The number of fused-ring (bicyclic) bond motifs is 1. The molecular weight excluding hydrogens is 618 g/mol. The van der Waals surface area contributed by atoms with E-state index >= 15 is 0 Å². The molecule has 0 spiro atoms. The van der Waals surface area contributed by atoms with Gasteiger partial charge in [0.25, 0.3) is 0 Å². The molecule has 0 bridgehead atoms. The molecule has 48 heavy (non-hydrogen) atoms. The van der Waals surface area contributed by atoms with Gasteiger partial charge in [-0.3, -0.25) is 24.4 Å². The lowest BCUT2D eigenvalue weighted by Crippen LogP contribution is -2.57. The van der Waals surface area contributed by atoms with Crippen molar-refractivity contribution < 1.29 is 24.3 Å². The number of carbonyl (C=O) groups excluding carboxylic acids is 3. The predicted octanol–water partition coefficient (Wildman–Crippen LogP) is -1.07. The number of aliphatic imine (C=N–C) groups is 2. The first-order valence-corrected chi connectivity index (χ1v) is 15.5. The number of amides is 3. The van der Waals surface area contributed by atoms with Gasteiger partial charge in [0.2, 0.25) is 17.7 Å². The highest BCUT2D eigenvalue weighted by Gasteiger charge is 2.30. The molecule has 4 atom stereocenters. The van der Waals surface area contributed by atoms with Crippen molar-refractivity contribution in [1.29, 1.82) is 0 Å². The Morgan fingerprint density at radius 2 is 1.25 bits per heavy atom. The summed E-state index contributed by atoms with van der Waals surface area (Å²) in [6.07, 6.45) is 2.81. The maximum absolute atomic E-state index is 13.7. The van der Waals surface area contributed by atoms with Crippen molar-refractivity contribution in [2.45, 2.75) is 62.7 Å². The lowest BCUT2D eigenvalue weighted by Gasteiger charge is -2.25. The van der Waals surface area contributed by atoms with Gasteiger partial charge in [-0.15, -0.1) is 0 Å². The molecular formula is C32H45N11O5. The number of carboxylic acids is 1. The van der Waals surface area contributed by atoms with Crippen molar-refractivity contribution in [2.75, 3.05) is 13.1 Å². The van der Waals surface area contributed by atoms with Crippen molar-refractivity contribution in [3.05, 3.63) is 71.9 Å². The normalized spacial score (nSPS) is 13.4. The minimum Gasteiger partial charge on any atom is -0.480 e. The minimum atomic E-state index is -1.26. The van der Waals surface area contributed by atoms with Crippen LogP contribution >= 0.6 is 0 Å². The molecule has 15 N–H and O–H groups in total. The Hall–Kier alpha value is -5.64. The zero-order chi connectivity index (χ0) is 35.1. The average Bonchev–Trinajstić information content (AvgIpc) is 3.45. The first-order valence-electron chi connectivity index (χ1n) is 15.5. The van der Waals surface area contributed by atoms with Crippen LogP contribution < -0.4 is 44.6 Å². The Labute approximate surface area is 278 Å². The number of carbonyl (C=O) groups is 4. The highest BCUT2D eigenvalue weighted by atomic mass is 16.4. The fraction of sp³-hybridized carbons (Fsp3) is 0.375. The number of hydrogen-bond donors (Lipinski definition) is 10. The Balaban J connectivity index is 1.77. The summed E-state index contributed by atoms with van der Waals surface area (Å²) in [5.74, 6) is -3.46. The van der Waals surface area contributed by atoms with Gasteiger partial charge in [0.05, 0.1) is 6.04 Å². The molecule has 0 saturated carbocycles. The van der Waals surface area contributed by atoms with E-state index in [0.717, 1.165) is 16.5 Å². The van der Waals surface area contributed by atoms with Crippen molar-refractivity contribution in [2.24, 2.45) is 38.7 Å². The van der Waals surface area contributed by atoms with Crippen LogP contribution in [-0.4, -0.2) is 83.0 Å². The number of benzene rings is 2. The van der Waals surface area contributed by atoms with Crippen LogP contribution in [0.25, 0.3) is 10.9 Å². The van der Waals surface area contributed by atoms with Gasteiger partial charge in [-0.2, -0.15) is 0 Å². The Morgan fingerprint density at radius 1 is 0.708 bits per heavy atom. The zero-order valence-corrected chi connectivity index (χ0v) is 26.6. The number of aromatic nitrogens is 1. The molecule has 0 saturated heterocycles. The first-order chi connectivity index (χ1) is 22.9. The van der Waals surface area contributed by atoms with Crippen LogP contribution in [0.2, 0.25) is 0 Å². The summed E-state index contributed by atoms with van der Waals surface area (Å²) in [7, 11) is 0. The molecule has 4 unspecified atom stereocenters. The molecule has 0 aliphatic heterocycles. The molecule has 1 aromatic heterocycles. The van der Waals surface area contributed by atoms with Gasteiger partial charge >= 0.3 is 5.97 Å². The van der Waals surface area contributed by atoms with Crippen LogP contribution in [0.1, 0.15) is 36.8 Å². The fourth-order valence-corrected chi connectivity index (χ4v) is 5.05. The minimum absolute atomic E-state index is 0.0433. The van der Waals surface area contributed by atoms with E-state index in [-0.39, 0.29) is 57.1 Å². The van der Waals surface area contributed by atoms with Crippen molar-refractivity contribution >= 4 is 46.5 Å². The maximum Gasteiger partial charge on any atom is 0.326 e. The van der Waals surface area contributed by atoms with Gasteiger partial charge in [-0.1, -0.05) is 48.5 Å². The van der Waals surface area contributed by atoms with E-state index < -0.39 is 47.9 Å². The van der Waals surface area contributed by atoms with Gasteiger partial charge in [0.1, 0.15) is 18.1 Å². The van der Waals surface area contributed by atoms with Crippen LogP contribution in [0.15, 0.2) is 70.8 Å². The topological polar surface area (TPSA) is 295 Å². The molecule has 16 nitrogen and oxygen atoms in total. The summed E-state index contributed by atoms with van der Waals surface area (Å²) < 4.78 is 0. The van der Waals surface area contributed by atoms with Crippen LogP contribution in [0.4, 0.5) is 0 Å². The lowest BCUT2D eigenvalue weighted by atomic mass is 10.0. The van der Waals surface area contributed by atoms with Crippen LogP contribution in [0.5, 0.6) is 0 Å². The molecule has 2 aromatic carbocycles. The van der Waals surface area contributed by atoms with Crippen LogP contribution in [0, 0.1) is 0 Å². The second kappa shape index (κ2) is 18.5. The number of rotatable bonds is 19. The third-order valence-electron chi connectivity index (χ3n) is 7.51. The molecule has 0 radical (unpaired) electrons. The number of carboxylic acid groups (broad SMARTS) is 1. The third kappa shape index (κ3) is 11.9. The SMILES string of the molecule is NC(N)=NCCCC(NC(=O)C(Cc1ccccc1)NC(=O)C(CCCN=C(N)N)NC(=O)C(N)Cc1c[nH]c2ccccc12)C(=O)O. The Kier molecular flexibility index (Phi) is 14.2. The number of aliphatic carboxylic acids is 1. The summed E-state index contributed by atoms with van der Waals surface area (Å²) in [5, 5.41) is 18.6. The summed E-state index contributed by atoms with van der Waals surface area (Å²) in [6.45, 7) is 0.368. The molecule has 3 rings (SSSR count). The quantitative estimate of drug-likeness (QED) is 0.0420. The molecule has 0 aliphatic rings. The molecule has 1 heterocycles. The van der Waals surface area contributed by atoms with Crippen molar-refractivity contribution in [3.8, 4) is 0 Å². The van der Waals surface area contributed by atoms with Gasteiger partial charge in [0.15, 0.2) is 11.9 Å². The predicted molar refractivity (Wildman–Crippen MR) is 183 cm³/mol. The number of nitrogens with two attached hydrogens (primary N) is 5. The number of nitrogens with zero attached hydrogens (tertiary/aromatic N) is 2. The van der Waals surface area contributed by atoms with E-state index in [2.05, 4.69) is 30.9 Å².